The molecule has 0 heterocycles. The Morgan fingerprint density at radius 1 is 0.312 bits per heavy atom. The van der Waals surface area contributed by atoms with Crippen LogP contribution in [0.15, 0.2) is 146 Å². The van der Waals surface area contributed by atoms with E-state index in [2.05, 4.69) is 24.3 Å². The molecule has 12 heteroatoms. The zero-order valence-electron chi connectivity index (χ0n) is 44.2. The molecule has 9 rings (SSSR count). The van der Waals surface area contributed by atoms with E-state index in [0.29, 0.717) is 112 Å². The third kappa shape index (κ3) is 11.9. The topological polar surface area (TPSA) is 213 Å². The number of phenols is 4. The van der Waals surface area contributed by atoms with E-state index in [4.69, 9.17) is 18.9 Å². The number of ether oxygens (including phenoxy) is 4. The molecule has 0 saturated heterocycles. The van der Waals surface area contributed by atoms with Gasteiger partial charge >= 0.3 is 0 Å². The Balaban J connectivity index is 1.32. The van der Waals surface area contributed by atoms with Crippen LogP contribution in [0.25, 0.3) is 46.6 Å². The van der Waals surface area contributed by atoms with Gasteiger partial charge in [-0.3, -0.25) is 0 Å². The molecule has 4 N–H and O–H groups in total. The first-order chi connectivity index (χ1) is 38.8. The average Bonchev–Trinajstić information content (AvgIpc) is 3.50. The minimum Gasteiger partial charge on any atom is -0.507 e. The van der Waals surface area contributed by atoms with Gasteiger partial charge in [0, 0.05) is 25.7 Å². The number of phenolic OH excluding ortho intramolecular Hbond substituents is 4. The molecule has 8 bridgehead atoms. The lowest BCUT2D eigenvalue weighted by molar-refractivity contribution is 0.414. The summed E-state index contributed by atoms with van der Waals surface area (Å²) in [7, 11) is 6.25. The normalized spacial score (nSPS) is 12.5. The molecule has 392 valence electrons. The summed E-state index contributed by atoms with van der Waals surface area (Å²) in [5.41, 5.74) is 7.93. The molecule has 0 aliphatic heterocycles. The zero-order valence-corrected chi connectivity index (χ0v) is 44.2. The lowest BCUT2D eigenvalue weighted by Crippen LogP contribution is -2.04. The van der Waals surface area contributed by atoms with E-state index >= 15 is 0 Å². The maximum absolute atomic E-state index is 12.5. The number of methoxy groups -OCH3 is 4. The van der Waals surface area contributed by atoms with Crippen molar-refractivity contribution in [1.29, 1.82) is 21.0 Å². The van der Waals surface area contributed by atoms with Gasteiger partial charge in [-0.05, 0) is 210 Å². The number of nitriles is 4. The molecule has 0 radical (unpaired) electrons. The molecule has 8 aromatic carbocycles. The second-order valence-electron chi connectivity index (χ2n) is 19.1. The predicted octanol–water partition coefficient (Wildman–Crippen LogP) is 13.5. The largest absolute Gasteiger partial charge is 0.507 e. The van der Waals surface area contributed by atoms with Crippen molar-refractivity contribution in [2.45, 2.75) is 25.7 Å². The Morgan fingerprint density at radius 2 is 0.475 bits per heavy atom. The van der Waals surface area contributed by atoms with Crippen LogP contribution < -0.4 is 18.9 Å². The summed E-state index contributed by atoms with van der Waals surface area (Å²) in [5, 5.41) is 93.4. The van der Waals surface area contributed by atoms with Crippen molar-refractivity contribution in [1.82, 2.24) is 0 Å². The number of fused-ring (bicyclic) bond motifs is 8. The van der Waals surface area contributed by atoms with Gasteiger partial charge < -0.3 is 39.4 Å². The van der Waals surface area contributed by atoms with Gasteiger partial charge in [-0.1, -0.05) is 48.5 Å². The fourth-order valence-electron chi connectivity index (χ4n) is 9.75. The number of nitrogens with zero attached hydrogens (tertiary/aromatic N) is 4. The molecule has 0 aromatic heterocycles. The van der Waals surface area contributed by atoms with Crippen LogP contribution in [-0.4, -0.2) is 48.9 Å². The lowest BCUT2D eigenvalue weighted by atomic mass is 9.86. The molecular weight excluding hydrogens is 1000 g/mol. The average molecular weight is 1050 g/mol. The molecule has 1 aliphatic rings. The Bertz CT molecular complexity index is 3380. The monoisotopic (exact) mass is 1050 g/mol. The molecule has 0 fully saturated rings. The van der Waals surface area contributed by atoms with Crippen LogP contribution in [0.4, 0.5) is 0 Å². The second kappa shape index (κ2) is 24.0. The minimum atomic E-state index is -0.177. The van der Waals surface area contributed by atoms with Gasteiger partial charge in [0.1, 0.15) is 46.0 Å². The van der Waals surface area contributed by atoms with Crippen molar-refractivity contribution in [3.05, 3.63) is 235 Å². The number of hydrogen-bond donors (Lipinski definition) is 4. The smallest absolute Gasteiger partial charge is 0.122 e. The number of aromatic hydroxyl groups is 4. The predicted molar refractivity (Wildman–Crippen MR) is 310 cm³/mol. The highest BCUT2D eigenvalue weighted by Crippen LogP contribution is 2.42. The van der Waals surface area contributed by atoms with Crippen LogP contribution in [0, 0.1) is 45.3 Å². The van der Waals surface area contributed by atoms with Crippen molar-refractivity contribution >= 4 is 46.6 Å². The maximum atomic E-state index is 12.5. The fraction of sp³-hybridized carbons (Fsp3) is 0.118. The summed E-state index contributed by atoms with van der Waals surface area (Å²) >= 11 is 0. The summed E-state index contributed by atoms with van der Waals surface area (Å²) in [6.07, 6.45) is 6.35. The first-order valence-corrected chi connectivity index (χ1v) is 25.3. The van der Waals surface area contributed by atoms with E-state index in [1.54, 1.807) is 150 Å². The van der Waals surface area contributed by atoms with Gasteiger partial charge in [0.2, 0.25) is 0 Å². The van der Waals surface area contributed by atoms with Gasteiger partial charge in [0.05, 0.1) is 75.0 Å². The SMILES string of the molecule is COc1ccc(/C=C(\C#N)c2cc3c(O)c(c2)Cc2cc(/C(C#N)=C/c4ccc(OC)cc4)cc(c2O)Cc2cc(/C(C#N)=C/c4ccc(OC)cc4)cc(c2O)Cc2cc(/C(C#N)=C/c4ccc(OC)cc4)cc(c2O)C3)cc1. The number of rotatable bonds is 12. The minimum absolute atomic E-state index is 0.122. The quantitative estimate of drug-likeness (QED) is 0.0665. The summed E-state index contributed by atoms with van der Waals surface area (Å²) < 4.78 is 21.5. The zero-order chi connectivity index (χ0) is 56.5. The highest BCUT2D eigenvalue weighted by atomic mass is 16.5. The number of benzene rings is 8. The third-order valence-electron chi connectivity index (χ3n) is 14.0. The van der Waals surface area contributed by atoms with Gasteiger partial charge in [-0.25, -0.2) is 0 Å². The van der Waals surface area contributed by atoms with E-state index in [9.17, 15) is 41.5 Å². The second-order valence-corrected chi connectivity index (χ2v) is 19.1. The van der Waals surface area contributed by atoms with Gasteiger partial charge in [-0.2, -0.15) is 21.0 Å². The van der Waals surface area contributed by atoms with Crippen LogP contribution in [0.3, 0.4) is 0 Å². The molecule has 80 heavy (non-hydrogen) atoms. The van der Waals surface area contributed by atoms with Crippen molar-refractivity contribution in [2.24, 2.45) is 0 Å². The van der Waals surface area contributed by atoms with Gasteiger partial charge in [-0.15, -0.1) is 0 Å². The maximum Gasteiger partial charge on any atom is 0.122 e. The molecule has 12 nitrogen and oxygen atoms in total. The standard InChI is InChI=1S/C68H52N4O8/c1-77-61-13-5-41(6-14-61)21-57(37-69)45-25-49-33-51-27-46(58(38-70)22-42-7-15-62(78-2)16-8-42)29-53(66(51)74)35-55-31-48(60(40-72)24-44-11-19-64(80-4)20-12-44)32-56(68(55)76)36-54-30-47(28-52(67(54)75)34-50(26-45)65(49)73)59(39-71)23-43-9-17-63(79-3)18-10-43/h5-32,73-76H,33-36H2,1-4H3/b57-21+,58-22+,59-23+,60-24+. The first-order valence-electron chi connectivity index (χ1n) is 25.3. The molecule has 0 saturated carbocycles. The summed E-state index contributed by atoms with van der Waals surface area (Å²) in [5.74, 6) is 1.81. The van der Waals surface area contributed by atoms with E-state index in [1.165, 1.54) is 0 Å². The van der Waals surface area contributed by atoms with Crippen LogP contribution in [0.1, 0.15) is 89.0 Å². The number of allylic oxidation sites excluding steroid dienone is 4. The first kappa shape index (κ1) is 53.9. The highest BCUT2D eigenvalue weighted by molar-refractivity contribution is 5.93. The van der Waals surface area contributed by atoms with Crippen molar-refractivity contribution in [2.75, 3.05) is 28.4 Å². The van der Waals surface area contributed by atoms with E-state index in [0.717, 1.165) is 0 Å². The Kier molecular flexibility index (Phi) is 16.1. The molecule has 0 unspecified atom stereocenters. The summed E-state index contributed by atoms with van der Waals surface area (Å²) in [6, 6.07) is 51.5. The summed E-state index contributed by atoms with van der Waals surface area (Å²) in [6.45, 7) is 0. The third-order valence-corrected chi connectivity index (χ3v) is 14.0. The molecule has 0 amide bonds. The van der Waals surface area contributed by atoms with Crippen molar-refractivity contribution in [3.8, 4) is 70.3 Å². The van der Waals surface area contributed by atoms with E-state index < -0.39 is 0 Å². The fourth-order valence-corrected chi connectivity index (χ4v) is 9.75. The Labute approximate surface area is 464 Å². The number of hydrogen-bond acceptors (Lipinski definition) is 12. The van der Waals surface area contributed by atoms with Crippen LogP contribution in [-0.2, 0) is 25.7 Å². The van der Waals surface area contributed by atoms with Crippen molar-refractivity contribution < 1.29 is 39.4 Å². The Hall–Kier alpha value is -10.9. The van der Waals surface area contributed by atoms with Gasteiger partial charge in [0.25, 0.3) is 0 Å². The van der Waals surface area contributed by atoms with Crippen molar-refractivity contribution in [3.63, 3.8) is 0 Å². The van der Waals surface area contributed by atoms with Crippen LogP contribution in [0.5, 0.6) is 46.0 Å². The van der Waals surface area contributed by atoms with Crippen LogP contribution in [0.2, 0.25) is 0 Å². The Morgan fingerprint density at radius 3 is 0.613 bits per heavy atom. The molecular formula is C68H52N4O8. The van der Waals surface area contributed by atoms with E-state index in [1.807, 2.05) is 48.5 Å². The summed E-state index contributed by atoms with van der Waals surface area (Å²) in [4.78, 5) is 0. The van der Waals surface area contributed by atoms with E-state index in [-0.39, 0.29) is 71.0 Å². The van der Waals surface area contributed by atoms with Crippen LogP contribution >= 0.6 is 0 Å². The highest BCUT2D eigenvalue weighted by Gasteiger charge is 2.24. The lowest BCUT2D eigenvalue weighted by Gasteiger charge is -2.20. The molecule has 1 aliphatic carbocycles. The molecule has 8 aromatic rings. The molecule has 0 atom stereocenters. The molecule has 0 spiro atoms. The van der Waals surface area contributed by atoms with Gasteiger partial charge in [0.15, 0.2) is 0 Å².